The van der Waals surface area contributed by atoms with Gasteiger partial charge in [0.15, 0.2) is 0 Å². The summed E-state index contributed by atoms with van der Waals surface area (Å²) in [7, 11) is -3.55. The lowest BCUT2D eigenvalue weighted by Gasteiger charge is -2.19. The highest BCUT2D eigenvalue weighted by molar-refractivity contribution is 7.87. The van der Waals surface area contributed by atoms with E-state index in [1.165, 1.54) is 5.56 Å². The second-order valence-electron chi connectivity index (χ2n) is 5.20. The van der Waals surface area contributed by atoms with Gasteiger partial charge >= 0.3 is 0 Å². The van der Waals surface area contributed by atoms with Crippen molar-refractivity contribution in [2.45, 2.75) is 12.6 Å². The first kappa shape index (κ1) is 12.1. The molecule has 1 aromatic rings. The molecule has 0 aromatic heterocycles. The molecule has 98 valence electrons. The summed E-state index contributed by atoms with van der Waals surface area (Å²) < 4.78 is 24.4. The number of hydrogen-bond donors (Lipinski definition) is 2. The number of likely N-dealkylation sites (tertiary alicyclic amines) is 1. The Morgan fingerprint density at radius 1 is 1.22 bits per heavy atom. The van der Waals surface area contributed by atoms with Gasteiger partial charge in [-0.25, -0.2) is 5.14 Å². The summed E-state index contributed by atoms with van der Waals surface area (Å²) in [4.78, 5) is 2.37. The minimum absolute atomic E-state index is 0.0621. The molecule has 1 aliphatic heterocycles. The van der Waals surface area contributed by atoms with Crippen LogP contribution in [0.3, 0.4) is 0 Å². The Morgan fingerprint density at radius 2 is 1.83 bits per heavy atom. The van der Waals surface area contributed by atoms with Crippen LogP contribution in [-0.4, -0.2) is 32.4 Å². The zero-order valence-electron chi connectivity index (χ0n) is 9.99. The maximum Gasteiger partial charge on any atom is 0.274 e. The van der Waals surface area contributed by atoms with Crippen molar-refractivity contribution in [3.05, 3.63) is 35.9 Å². The molecule has 0 spiro atoms. The third kappa shape index (κ3) is 2.56. The third-order valence-corrected chi connectivity index (χ3v) is 4.42. The van der Waals surface area contributed by atoms with Crippen LogP contribution < -0.4 is 9.86 Å². The van der Waals surface area contributed by atoms with Gasteiger partial charge in [0.05, 0.1) is 0 Å². The second-order valence-corrected chi connectivity index (χ2v) is 6.52. The van der Waals surface area contributed by atoms with E-state index in [9.17, 15) is 8.42 Å². The molecular formula is C12H17N3O2S. The number of nitrogens with zero attached hydrogens (tertiary/aromatic N) is 1. The van der Waals surface area contributed by atoms with Gasteiger partial charge in [0.2, 0.25) is 0 Å². The molecule has 2 unspecified atom stereocenters. The quantitative estimate of drug-likeness (QED) is 0.800. The van der Waals surface area contributed by atoms with Crippen LogP contribution in [0.25, 0.3) is 0 Å². The van der Waals surface area contributed by atoms with Crippen LogP contribution >= 0.6 is 0 Å². The lowest BCUT2D eigenvalue weighted by molar-refractivity contribution is 0.287. The van der Waals surface area contributed by atoms with Crippen LogP contribution in [0.4, 0.5) is 0 Å². The second kappa shape index (κ2) is 4.31. The maximum atomic E-state index is 10.9. The molecule has 2 aliphatic rings. The summed E-state index contributed by atoms with van der Waals surface area (Å²) in [5, 5.41) is 4.99. The Bertz CT molecular complexity index is 520. The minimum atomic E-state index is -3.55. The number of nitrogens with two attached hydrogens (primary N) is 1. The van der Waals surface area contributed by atoms with E-state index >= 15 is 0 Å². The summed E-state index contributed by atoms with van der Waals surface area (Å²) in [6.07, 6.45) is 0. The fourth-order valence-electron chi connectivity index (χ4n) is 2.95. The van der Waals surface area contributed by atoms with Crippen molar-refractivity contribution in [2.75, 3.05) is 13.1 Å². The van der Waals surface area contributed by atoms with E-state index < -0.39 is 10.2 Å². The molecule has 6 heteroatoms. The Hall–Kier alpha value is -0.950. The first-order valence-corrected chi connectivity index (χ1v) is 7.64. The number of piperidine rings is 1. The highest BCUT2D eigenvalue weighted by Gasteiger charge is 2.56. The van der Waals surface area contributed by atoms with Gasteiger partial charge < -0.3 is 0 Å². The molecule has 1 saturated heterocycles. The Balaban J connectivity index is 1.52. The molecule has 5 nitrogen and oxygen atoms in total. The van der Waals surface area contributed by atoms with Crippen molar-refractivity contribution >= 4 is 10.2 Å². The summed E-state index contributed by atoms with van der Waals surface area (Å²) in [6.45, 7) is 2.84. The lowest BCUT2D eigenvalue weighted by Crippen LogP contribution is -2.38. The molecule has 3 rings (SSSR count). The average Bonchev–Trinajstić information content (AvgIpc) is 2.73. The molecule has 0 amide bonds. The van der Waals surface area contributed by atoms with Crippen LogP contribution in [0, 0.1) is 11.8 Å². The topological polar surface area (TPSA) is 75.4 Å². The molecule has 1 aromatic carbocycles. The fourth-order valence-corrected chi connectivity index (χ4v) is 3.68. The van der Waals surface area contributed by atoms with Gasteiger partial charge in [-0.05, 0) is 17.4 Å². The molecular weight excluding hydrogens is 250 g/mol. The third-order valence-electron chi connectivity index (χ3n) is 3.82. The minimum Gasteiger partial charge on any atom is -0.298 e. The molecule has 18 heavy (non-hydrogen) atoms. The smallest absolute Gasteiger partial charge is 0.274 e. The first-order chi connectivity index (χ1) is 8.53. The number of benzene rings is 1. The summed E-state index contributed by atoms with van der Waals surface area (Å²) in [5.41, 5.74) is 1.30. The number of hydrogen-bond acceptors (Lipinski definition) is 3. The van der Waals surface area contributed by atoms with E-state index in [0.717, 1.165) is 19.6 Å². The molecule has 0 bridgehead atoms. The van der Waals surface area contributed by atoms with Crippen molar-refractivity contribution in [3.63, 3.8) is 0 Å². The van der Waals surface area contributed by atoms with E-state index in [1.807, 2.05) is 18.2 Å². The van der Waals surface area contributed by atoms with Crippen LogP contribution in [0.15, 0.2) is 30.3 Å². The number of rotatable bonds is 4. The highest BCUT2D eigenvalue weighted by Crippen LogP contribution is 2.45. The van der Waals surface area contributed by atoms with Crippen LogP contribution in [-0.2, 0) is 16.8 Å². The van der Waals surface area contributed by atoms with Crippen LogP contribution in [0.1, 0.15) is 5.56 Å². The first-order valence-electron chi connectivity index (χ1n) is 6.09. The van der Waals surface area contributed by atoms with Gasteiger partial charge in [-0.3, -0.25) is 4.90 Å². The maximum absolute atomic E-state index is 10.9. The Labute approximate surface area is 107 Å². The largest absolute Gasteiger partial charge is 0.298 e. The van der Waals surface area contributed by atoms with Gasteiger partial charge in [-0.15, -0.1) is 0 Å². The van der Waals surface area contributed by atoms with Crippen LogP contribution in [0.5, 0.6) is 0 Å². The van der Waals surface area contributed by atoms with Crippen LogP contribution in [0.2, 0.25) is 0 Å². The van der Waals surface area contributed by atoms with E-state index in [-0.39, 0.29) is 6.04 Å². The van der Waals surface area contributed by atoms with Crippen molar-refractivity contribution in [3.8, 4) is 0 Å². The molecule has 1 saturated carbocycles. The van der Waals surface area contributed by atoms with E-state index in [4.69, 9.17) is 5.14 Å². The zero-order chi connectivity index (χ0) is 12.8. The normalized spacial score (nSPS) is 31.3. The standard InChI is InChI=1S/C12H17N3O2S/c13-18(16,17)14-12-10-7-15(8-11(10)12)6-9-4-2-1-3-5-9/h1-5,10-12,14H,6-8H2,(H2,13,16,17). The molecule has 3 N–H and O–H groups in total. The van der Waals surface area contributed by atoms with Gasteiger partial charge in [-0.1, -0.05) is 30.3 Å². The zero-order valence-corrected chi connectivity index (χ0v) is 10.8. The van der Waals surface area contributed by atoms with Crippen molar-refractivity contribution in [1.82, 2.24) is 9.62 Å². The van der Waals surface area contributed by atoms with Gasteiger partial charge in [0.1, 0.15) is 0 Å². The predicted octanol–water partition coefficient (Wildman–Crippen LogP) is -0.0901. The molecule has 1 heterocycles. The summed E-state index contributed by atoms with van der Waals surface area (Å²) in [5.74, 6) is 0.874. The average molecular weight is 267 g/mol. The van der Waals surface area contributed by atoms with E-state index in [0.29, 0.717) is 11.8 Å². The van der Waals surface area contributed by atoms with E-state index in [2.05, 4.69) is 21.8 Å². The van der Waals surface area contributed by atoms with Crippen molar-refractivity contribution < 1.29 is 8.42 Å². The van der Waals surface area contributed by atoms with Crippen molar-refractivity contribution in [2.24, 2.45) is 17.0 Å². The Morgan fingerprint density at radius 3 is 2.39 bits per heavy atom. The number of fused-ring (bicyclic) bond motifs is 1. The van der Waals surface area contributed by atoms with E-state index in [1.54, 1.807) is 0 Å². The van der Waals surface area contributed by atoms with Gasteiger partial charge in [-0.2, -0.15) is 13.1 Å². The molecule has 0 radical (unpaired) electrons. The van der Waals surface area contributed by atoms with Gasteiger partial charge in [0, 0.05) is 25.7 Å². The SMILES string of the molecule is NS(=O)(=O)NC1C2CN(Cc3ccccc3)CC21. The predicted molar refractivity (Wildman–Crippen MR) is 68.7 cm³/mol. The monoisotopic (exact) mass is 267 g/mol. The fraction of sp³-hybridized carbons (Fsp3) is 0.500. The van der Waals surface area contributed by atoms with Gasteiger partial charge in [0.25, 0.3) is 10.2 Å². The summed E-state index contributed by atoms with van der Waals surface area (Å²) >= 11 is 0. The molecule has 2 atom stereocenters. The lowest BCUT2D eigenvalue weighted by atomic mass is 10.2. The Kier molecular flexibility index (Phi) is 2.90. The number of nitrogens with one attached hydrogen (secondary N) is 1. The summed E-state index contributed by atoms with van der Waals surface area (Å²) in [6, 6.07) is 10.4. The molecule has 2 fully saturated rings. The molecule has 1 aliphatic carbocycles. The van der Waals surface area contributed by atoms with Crippen molar-refractivity contribution in [1.29, 1.82) is 0 Å². The highest BCUT2D eigenvalue weighted by atomic mass is 32.2.